The molecule has 2 aromatic rings. The fraction of sp³-hybridized carbons (Fsp3) is 0.308. The van der Waals surface area contributed by atoms with Crippen molar-refractivity contribution in [3.63, 3.8) is 0 Å². The molecule has 7 heteroatoms. The van der Waals surface area contributed by atoms with Gasteiger partial charge in [-0.05, 0) is 31.5 Å². The van der Waals surface area contributed by atoms with Crippen molar-refractivity contribution in [1.82, 2.24) is 9.55 Å². The van der Waals surface area contributed by atoms with E-state index in [9.17, 15) is 8.42 Å². The summed E-state index contributed by atoms with van der Waals surface area (Å²) in [6.07, 6.45) is 3.55. The van der Waals surface area contributed by atoms with Gasteiger partial charge in [0, 0.05) is 18.4 Å². The highest BCUT2D eigenvalue weighted by molar-refractivity contribution is 7.89. The number of primary sulfonamides is 1. The van der Waals surface area contributed by atoms with E-state index < -0.39 is 10.0 Å². The van der Waals surface area contributed by atoms with Crippen LogP contribution in [0.25, 0.3) is 0 Å². The van der Waals surface area contributed by atoms with Crippen LogP contribution < -0.4 is 10.5 Å². The number of aromatic nitrogens is 2. The number of sulfonamides is 1. The summed E-state index contributed by atoms with van der Waals surface area (Å²) in [7, 11) is -3.70. The van der Waals surface area contributed by atoms with Gasteiger partial charge in [0.2, 0.25) is 10.0 Å². The van der Waals surface area contributed by atoms with Crippen LogP contribution in [0.15, 0.2) is 35.6 Å². The summed E-state index contributed by atoms with van der Waals surface area (Å²) in [5.41, 5.74) is 2.38. The second kappa shape index (κ2) is 5.64. The molecule has 0 amide bonds. The third-order valence-corrected chi connectivity index (χ3v) is 4.16. The van der Waals surface area contributed by atoms with Crippen molar-refractivity contribution in [1.29, 1.82) is 0 Å². The smallest absolute Gasteiger partial charge is 0.238 e. The Balaban J connectivity index is 2.19. The van der Waals surface area contributed by atoms with Crippen LogP contribution in [-0.2, 0) is 23.1 Å². The van der Waals surface area contributed by atoms with Crippen LogP contribution in [0.5, 0.6) is 0 Å². The van der Waals surface area contributed by atoms with E-state index in [4.69, 9.17) is 5.14 Å². The molecule has 1 aromatic carbocycles. The zero-order chi connectivity index (χ0) is 14.8. The molecular formula is C13H18N4O2S. The second-order valence-corrected chi connectivity index (χ2v) is 6.08. The standard InChI is InChI=1S/C13H18N4O2S/c1-3-17-9-15-7-12(17)8-16-11-5-4-10(2)13(6-11)20(14,18)19/h4-7,9,16H,3,8H2,1-2H3,(H2,14,18,19). The summed E-state index contributed by atoms with van der Waals surface area (Å²) in [4.78, 5) is 4.23. The molecule has 6 nitrogen and oxygen atoms in total. The highest BCUT2D eigenvalue weighted by atomic mass is 32.2. The lowest BCUT2D eigenvalue weighted by atomic mass is 10.2. The number of anilines is 1. The summed E-state index contributed by atoms with van der Waals surface area (Å²) in [5, 5.41) is 8.37. The number of nitrogens with one attached hydrogen (secondary N) is 1. The molecular weight excluding hydrogens is 276 g/mol. The maximum absolute atomic E-state index is 11.5. The molecule has 0 aliphatic carbocycles. The Morgan fingerprint density at radius 2 is 2.15 bits per heavy atom. The molecule has 1 heterocycles. The summed E-state index contributed by atoms with van der Waals surface area (Å²) < 4.78 is 25.0. The van der Waals surface area contributed by atoms with E-state index in [0.717, 1.165) is 12.2 Å². The van der Waals surface area contributed by atoms with Crippen LogP contribution >= 0.6 is 0 Å². The van der Waals surface area contributed by atoms with Gasteiger partial charge in [-0.3, -0.25) is 0 Å². The van der Waals surface area contributed by atoms with Gasteiger partial charge >= 0.3 is 0 Å². The van der Waals surface area contributed by atoms with Gasteiger partial charge in [-0.25, -0.2) is 18.5 Å². The van der Waals surface area contributed by atoms with Crippen molar-refractivity contribution < 1.29 is 8.42 Å². The largest absolute Gasteiger partial charge is 0.379 e. The van der Waals surface area contributed by atoms with Crippen molar-refractivity contribution in [3.05, 3.63) is 42.0 Å². The minimum atomic E-state index is -3.70. The Hall–Kier alpha value is -1.86. The Labute approximate surface area is 118 Å². The van der Waals surface area contributed by atoms with Gasteiger partial charge in [-0.15, -0.1) is 0 Å². The minimum absolute atomic E-state index is 0.145. The molecule has 108 valence electrons. The number of nitrogens with zero attached hydrogens (tertiary/aromatic N) is 2. The number of imidazole rings is 1. The third-order valence-electron chi connectivity index (χ3n) is 3.11. The molecule has 3 N–H and O–H groups in total. The fourth-order valence-electron chi connectivity index (χ4n) is 1.99. The Morgan fingerprint density at radius 3 is 2.80 bits per heavy atom. The monoisotopic (exact) mass is 294 g/mol. The van der Waals surface area contributed by atoms with E-state index in [1.807, 2.05) is 17.6 Å². The summed E-state index contributed by atoms with van der Waals surface area (Å²) in [5.74, 6) is 0. The molecule has 1 aromatic heterocycles. The molecule has 0 aliphatic rings. The summed E-state index contributed by atoms with van der Waals surface area (Å²) in [6, 6.07) is 5.12. The van der Waals surface area contributed by atoms with Crippen LogP contribution in [0.3, 0.4) is 0 Å². The molecule has 0 atom stereocenters. The van der Waals surface area contributed by atoms with Crippen molar-refractivity contribution in [2.45, 2.75) is 31.8 Å². The summed E-state index contributed by atoms with van der Waals surface area (Å²) >= 11 is 0. The lowest BCUT2D eigenvalue weighted by Gasteiger charge is -2.10. The zero-order valence-corrected chi connectivity index (χ0v) is 12.3. The van der Waals surface area contributed by atoms with Crippen molar-refractivity contribution in [2.24, 2.45) is 5.14 Å². The number of hydrogen-bond acceptors (Lipinski definition) is 4. The molecule has 20 heavy (non-hydrogen) atoms. The van der Waals surface area contributed by atoms with E-state index in [-0.39, 0.29) is 4.90 Å². The van der Waals surface area contributed by atoms with Crippen molar-refractivity contribution in [3.8, 4) is 0 Å². The molecule has 0 unspecified atom stereocenters. The fourth-order valence-corrected chi connectivity index (χ4v) is 2.80. The van der Waals surface area contributed by atoms with E-state index in [1.165, 1.54) is 0 Å². The van der Waals surface area contributed by atoms with Gasteiger partial charge in [0.1, 0.15) is 0 Å². The quantitative estimate of drug-likeness (QED) is 0.873. The van der Waals surface area contributed by atoms with E-state index >= 15 is 0 Å². The van der Waals surface area contributed by atoms with E-state index in [1.54, 1.807) is 31.6 Å². The van der Waals surface area contributed by atoms with Crippen LogP contribution in [0.2, 0.25) is 0 Å². The lowest BCUT2D eigenvalue weighted by Crippen LogP contribution is -2.14. The average Bonchev–Trinajstić information content (AvgIpc) is 2.84. The van der Waals surface area contributed by atoms with E-state index in [0.29, 0.717) is 17.8 Å². The van der Waals surface area contributed by atoms with Crippen LogP contribution in [0.4, 0.5) is 5.69 Å². The van der Waals surface area contributed by atoms with Crippen molar-refractivity contribution in [2.75, 3.05) is 5.32 Å². The van der Waals surface area contributed by atoms with Gasteiger partial charge in [0.25, 0.3) is 0 Å². The molecule has 0 spiro atoms. The van der Waals surface area contributed by atoms with Gasteiger partial charge < -0.3 is 9.88 Å². The normalized spacial score (nSPS) is 11.6. The molecule has 2 rings (SSSR count). The number of benzene rings is 1. The Kier molecular flexibility index (Phi) is 4.10. The second-order valence-electron chi connectivity index (χ2n) is 4.55. The van der Waals surface area contributed by atoms with Crippen LogP contribution in [0.1, 0.15) is 18.2 Å². The third kappa shape index (κ3) is 3.17. The predicted octanol–water partition coefficient (Wildman–Crippen LogP) is 1.47. The SMILES string of the molecule is CCn1cncc1CNc1ccc(C)c(S(N)(=O)=O)c1. The van der Waals surface area contributed by atoms with Crippen molar-refractivity contribution >= 4 is 15.7 Å². The average molecular weight is 294 g/mol. The minimum Gasteiger partial charge on any atom is -0.379 e. The first kappa shape index (κ1) is 14.5. The highest BCUT2D eigenvalue weighted by Gasteiger charge is 2.12. The Bertz CT molecular complexity index is 707. The molecule has 0 bridgehead atoms. The predicted molar refractivity (Wildman–Crippen MR) is 77.8 cm³/mol. The molecule has 0 saturated heterocycles. The number of hydrogen-bond donors (Lipinski definition) is 2. The topological polar surface area (TPSA) is 90.0 Å². The first-order valence-electron chi connectivity index (χ1n) is 6.28. The van der Waals surface area contributed by atoms with E-state index in [2.05, 4.69) is 10.3 Å². The molecule has 0 fully saturated rings. The Morgan fingerprint density at radius 1 is 1.40 bits per heavy atom. The molecule has 0 saturated carbocycles. The maximum atomic E-state index is 11.5. The zero-order valence-electron chi connectivity index (χ0n) is 11.5. The van der Waals surface area contributed by atoms with Gasteiger partial charge in [0.15, 0.2) is 0 Å². The van der Waals surface area contributed by atoms with Gasteiger partial charge in [0.05, 0.1) is 23.5 Å². The first-order chi connectivity index (χ1) is 9.41. The van der Waals surface area contributed by atoms with Crippen LogP contribution in [-0.4, -0.2) is 18.0 Å². The highest BCUT2D eigenvalue weighted by Crippen LogP contribution is 2.19. The number of rotatable bonds is 5. The van der Waals surface area contributed by atoms with Gasteiger partial charge in [-0.2, -0.15) is 0 Å². The molecule has 0 aliphatic heterocycles. The first-order valence-corrected chi connectivity index (χ1v) is 7.82. The lowest BCUT2D eigenvalue weighted by molar-refractivity contribution is 0.597. The number of nitrogens with two attached hydrogens (primary N) is 1. The van der Waals surface area contributed by atoms with Crippen LogP contribution in [0, 0.1) is 6.92 Å². The molecule has 0 radical (unpaired) electrons. The number of aryl methyl sites for hydroxylation is 2. The van der Waals surface area contributed by atoms with Gasteiger partial charge in [-0.1, -0.05) is 6.07 Å². The maximum Gasteiger partial charge on any atom is 0.238 e. The summed E-state index contributed by atoms with van der Waals surface area (Å²) in [6.45, 7) is 5.17.